The Morgan fingerprint density at radius 2 is 2.69 bits per heavy atom. The molecular weight excluding hydrogens is 172 g/mol. The second-order valence-electron chi connectivity index (χ2n) is 2.11. The van der Waals surface area contributed by atoms with Gasteiger partial charge in [0.25, 0.3) is 0 Å². The van der Waals surface area contributed by atoms with Gasteiger partial charge in [0.2, 0.25) is 5.69 Å². The van der Waals surface area contributed by atoms with Crippen molar-refractivity contribution in [1.82, 2.24) is 9.78 Å². The van der Waals surface area contributed by atoms with E-state index in [-0.39, 0.29) is 6.61 Å². The lowest BCUT2D eigenvalue weighted by Crippen LogP contribution is -2.07. The van der Waals surface area contributed by atoms with Gasteiger partial charge in [0.1, 0.15) is 0 Å². The number of nitrogens with zero attached hydrogens (tertiary/aromatic N) is 2. The number of aromatic nitrogens is 2. The molecule has 0 aliphatic rings. The molecule has 0 bridgehead atoms. The van der Waals surface area contributed by atoms with E-state index in [1.54, 1.807) is 6.92 Å². The van der Waals surface area contributed by atoms with Gasteiger partial charge < -0.3 is 9.47 Å². The molecule has 0 aliphatic heterocycles. The van der Waals surface area contributed by atoms with Crippen LogP contribution in [0.4, 0.5) is 0 Å². The highest BCUT2D eigenvalue weighted by atomic mass is 16.5. The number of esters is 1. The molecule has 0 unspecified atom stereocenters. The monoisotopic (exact) mass is 190 g/mol. The third-order valence-corrected chi connectivity index (χ3v) is 1.26. The fourth-order valence-corrected chi connectivity index (χ4v) is 0.774. The zero-order chi connectivity index (χ0) is 14.8. The van der Waals surface area contributed by atoms with Crippen molar-refractivity contribution in [2.75, 3.05) is 13.6 Å². The maximum absolute atomic E-state index is 11.5. The average molecular weight is 190 g/mol. The third-order valence-electron chi connectivity index (χ3n) is 1.26. The molecule has 0 saturated carbocycles. The number of hydrogen-bond donors (Lipinski definition) is 0. The summed E-state index contributed by atoms with van der Waals surface area (Å²) in [6.07, 6.45) is 0.825. The molecule has 1 heterocycles. The summed E-state index contributed by atoms with van der Waals surface area (Å²) in [7, 11) is -2.83. The van der Waals surface area contributed by atoms with E-state index < -0.39 is 31.4 Å². The first-order valence-electron chi connectivity index (χ1n) is 6.51. The van der Waals surface area contributed by atoms with Crippen LogP contribution in [-0.2, 0) is 11.7 Å². The zero-order valence-electron chi connectivity index (χ0n) is 12.9. The van der Waals surface area contributed by atoms with Crippen molar-refractivity contribution < 1.29 is 22.5 Å². The Morgan fingerprint density at radius 1 is 1.85 bits per heavy atom. The first-order valence-corrected chi connectivity index (χ1v) is 3.51. The second kappa shape index (κ2) is 3.93. The molecule has 0 aliphatic carbocycles. The molecule has 0 saturated heterocycles. The van der Waals surface area contributed by atoms with Gasteiger partial charge in [-0.2, -0.15) is 5.10 Å². The van der Waals surface area contributed by atoms with Crippen molar-refractivity contribution in [3.05, 3.63) is 11.9 Å². The summed E-state index contributed by atoms with van der Waals surface area (Å²) in [5, 5.41) is 3.49. The van der Waals surface area contributed by atoms with Crippen molar-refractivity contribution >= 4 is 5.97 Å². The summed E-state index contributed by atoms with van der Waals surface area (Å²) >= 11 is 0. The maximum Gasteiger partial charge on any atom is 0.362 e. The summed E-state index contributed by atoms with van der Waals surface area (Å²) < 4.78 is 52.0. The summed E-state index contributed by atoms with van der Waals surface area (Å²) in [5.74, 6) is -1.42. The highest BCUT2D eigenvalue weighted by Crippen LogP contribution is 2.16. The van der Waals surface area contributed by atoms with Crippen LogP contribution in [0.2, 0.25) is 0 Å². The van der Waals surface area contributed by atoms with Crippen molar-refractivity contribution in [2.24, 2.45) is 6.98 Å². The van der Waals surface area contributed by atoms with Crippen LogP contribution in [0.5, 0.6) is 5.75 Å². The number of methoxy groups -OCH3 is 1. The average Bonchev–Trinajstić information content (AvgIpc) is 2.58. The molecule has 1 aromatic rings. The van der Waals surface area contributed by atoms with Crippen LogP contribution in [0.25, 0.3) is 0 Å². The molecule has 13 heavy (non-hydrogen) atoms. The molecule has 0 radical (unpaired) electrons. The van der Waals surface area contributed by atoms with Gasteiger partial charge in [0.15, 0.2) is 5.75 Å². The summed E-state index contributed by atoms with van der Waals surface area (Å²) in [6, 6.07) is 0. The predicted octanol–water partition coefficient (Wildman–Crippen LogP) is 0.605. The quantitative estimate of drug-likeness (QED) is 0.655. The van der Waals surface area contributed by atoms with Crippen molar-refractivity contribution in [2.45, 2.75) is 6.92 Å². The first kappa shape index (κ1) is 4.13. The predicted molar refractivity (Wildman–Crippen MR) is 45.7 cm³/mol. The molecule has 1 aromatic heterocycles. The lowest BCUT2D eigenvalue weighted by Gasteiger charge is -1.99. The van der Waals surface area contributed by atoms with Crippen LogP contribution in [0, 0.1) is 0 Å². The fourth-order valence-electron chi connectivity index (χ4n) is 0.774. The Hall–Kier alpha value is -1.52. The highest BCUT2D eigenvalue weighted by molar-refractivity contribution is 5.90. The van der Waals surface area contributed by atoms with Crippen molar-refractivity contribution in [3.8, 4) is 5.75 Å². The van der Waals surface area contributed by atoms with Gasteiger partial charge in [0.05, 0.1) is 24.0 Å². The minimum absolute atomic E-state index is 0.0344. The Balaban J connectivity index is 3.18. The minimum atomic E-state index is -2.83. The number of hydrogen-bond acceptors (Lipinski definition) is 4. The van der Waals surface area contributed by atoms with E-state index in [9.17, 15) is 4.79 Å². The van der Waals surface area contributed by atoms with Crippen LogP contribution in [0.3, 0.4) is 0 Å². The van der Waals surface area contributed by atoms with Gasteiger partial charge in [-0.05, 0) is 6.92 Å². The second-order valence-corrected chi connectivity index (χ2v) is 2.11. The summed E-state index contributed by atoms with van der Waals surface area (Å²) in [5.41, 5.74) is -0.492. The normalized spacial score (nSPS) is 18.5. The number of ether oxygens (including phenoxy) is 2. The summed E-state index contributed by atoms with van der Waals surface area (Å²) in [4.78, 5) is 11.5. The molecule has 0 spiro atoms. The van der Waals surface area contributed by atoms with E-state index in [2.05, 4.69) is 14.6 Å². The van der Waals surface area contributed by atoms with E-state index in [1.807, 2.05) is 0 Å². The maximum atomic E-state index is 11.5. The number of rotatable bonds is 3. The van der Waals surface area contributed by atoms with E-state index in [4.69, 9.17) is 8.22 Å². The summed E-state index contributed by atoms with van der Waals surface area (Å²) in [6.45, 7) is -1.08. The standard InChI is InChI=1S/C8H12N2O3/c1-4-13-8(11)7-6(12-3)5-10(2)9-7/h5H,4H2,1-3H3/i2D3,3D3. The fraction of sp³-hybridized carbons (Fsp3) is 0.500. The molecule has 0 amide bonds. The largest absolute Gasteiger partial charge is 0.493 e. The Bertz CT molecular complexity index is 464. The van der Waals surface area contributed by atoms with Gasteiger partial charge in [-0.25, -0.2) is 4.79 Å². The van der Waals surface area contributed by atoms with Crippen LogP contribution in [-0.4, -0.2) is 29.4 Å². The minimum Gasteiger partial charge on any atom is -0.493 e. The van der Waals surface area contributed by atoms with Crippen molar-refractivity contribution in [3.63, 3.8) is 0 Å². The van der Waals surface area contributed by atoms with E-state index >= 15 is 0 Å². The van der Waals surface area contributed by atoms with Crippen molar-refractivity contribution in [1.29, 1.82) is 0 Å². The van der Waals surface area contributed by atoms with Gasteiger partial charge in [-0.3, -0.25) is 4.68 Å². The lowest BCUT2D eigenvalue weighted by atomic mass is 10.4. The van der Waals surface area contributed by atoms with E-state index in [1.165, 1.54) is 0 Å². The van der Waals surface area contributed by atoms with Gasteiger partial charge in [-0.15, -0.1) is 0 Å². The van der Waals surface area contributed by atoms with Gasteiger partial charge in [-0.1, -0.05) is 0 Å². The molecule has 72 valence electrons. The smallest absolute Gasteiger partial charge is 0.362 e. The van der Waals surface area contributed by atoms with Crippen LogP contribution in [0.1, 0.15) is 25.6 Å². The van der Waals surface area contributed by atoms with E-state index in [0.717, 1.165) is 6.20 Å². The molecule has 5 nitrogen and oxygen atoms in total. The SMILES string of the molecule is [2H]C([2H])([2H])Oc1cn(C([2H])([2H])[2H])nc1C(=O)OCC. The molecule has 0 N–H and O–H groups in total. The van der Waals surface area contributed by atoms with Crippen LogP contribution < -0.4 is 4.74 Å². The van der Waals surface area contributed by atoms with E-state index in [0.29, 0.717) is 4.68 Å². The Kier molecular flexibility index (Phi) is 1.25. The molecular formula is C8H12N2O3. The van der Waals surface area contributed by atoms with Crippen LogP contribution in [0.15, 0.2) is 6.20 Å². The number of carbonyl (C=O) groups excluding carboxylic acids is 1. The molecule has 0 fully saturated rings. The Morgan fingerprint density at radius 3 is 3.31 bits per heavy atom. The molecule has 0 aromatic carbocycles. The lowest BCUT2D eigenvalue weighted by molar-refractivity contribution is 0.0515. The number of aryl methyl sites for hydroxylation is 1. The first-order chi connectivity index (χ1) is 8.54. The number of carbonyl (C=O) groups is 1. The van der Waals surface area contributed by atoms with Gasteiger partial charge in [0, 0.05) is 11.1 Å². The molecule has 0 atom stereocenters. The topological polar surface area (TPSA) is 53.4 Å². The Labute approximate surface area is 84.7 Å². The molecule has 5 heteroatoms. The van der Waals surface area contributed by atoms with Gasteiger partial charge >= 0.3 is 5.97 Å². The third kappa shape index (κ3) is 1.99. The van der Waals surface area contributed by atoms with Crippen LogP contribution >= 0.6 is 0 Å². The highest BCUT2D eigenvalue weighted by Gasteiger charge is 2.17. The zero-order valence-corrected chi connectivity index (χ0v) is 6.90. The molecule has 1 rings (SSSR count).